The molecule has 1 aliphatic rings. The van der Waals surface area contributed by atoms with Crippen LogP contribution < -0.4 is 10.2 Å². The third-order valence-corrected chi connectivity index (χ3v) is 4.90. The summed E-state index contributed by atoms with van der Waals surface area (Å²) in [6.45, 7) is 7.95. The Morgan fingerprint density at radius 3 is 2.82 bits per heavy atom. The molecule has 2 N–H and O–H groups in total. The number of nitrogens with zero attached hydrogens (tertiary/aromatic N) is 3. The van der Waals surface area contributed by atoms with Crippen molar-refractivity contribution in [3.05, 3.63) is 34.9 Å². The summed E-state index contributed by atoms with van der Waals surface area (Å²) in [6, 6.07) is 7.00. The molecule has 28 heavy (non-hydrogen) atoms. The molecule has 1 amide bonds. The van der Waals surface area contributed by atoms with Crippen molar-refractivity contribution in [1.82, 2.24) is 15.5 Å². The first-order valence-corrected chi connectivity index (χ1v) is 9.70. The average Bonchev–Trinajstić information content (AvgIpc) is 2.66. The first-order chi connectivity index (χ1) is 13.3. The normalized spacial score (nSPS) is 17.0. The molecule has 1 saturated heterocycles. The van der Waals surface area contributed by atoms with Gasteiger partial charge < -0.3 is 20.1 Å². The number of hydrogen-bond donors (Lipinski definition) is 2. The Morgan fingerprint density at radius 1 is 1.39 bits per heavy atom. The number of aromatic hydroxyl groups is 1. The number of amides is 1. The highest BCUT2D eigenvalue weighted by Gasteiger charge is 2.23. The largest absolute Gasteiger partial charge is 0.507 e. The molecule has 0 unspecified atom stereocenters. The summed E-state index contributed by atoms with van der Waals surface area (Å²) in [5, 5.41) is 22.2. The molecule has 2 aromatic rings. The predicted molar refractivity (Wildman–Crippen MR) is 109 cm³/mol. The fourth-order valence-corrected chi connectivity index (χ4v) is 3.42. The van der Waals surface area contributed by atoms with Crippen LogP contribution in [0, 0.1) is 12.8 Å². The van der Waals surface area contributed by atoms with Crippen LogP contribution in [0.4, 0.5) is 5.82 Å². The zero-order valence-corrected chi connectivity index (χ0v) is 17.0. The van der Waals surface area contributed by atoms with Crippen molar-refractivity contribution in [3.8, 4) is 17.0 Å². The number of halogens is 1. The summed E-state index contributed by atoms with van der Waals surface area (Å²) in [6.07, 6.45) is -0.0968. The number of phenolic OH excluding ortho intramolecular Hbond substituents is 1. The zero-order chi connectivity index (χ0) is 20.3. The fourth-order valence-electron chi connectivity index (χ4n) is 3.16. The maximum atomic E-state index is 11.8. The van der Waals surface area contributed by atoms with Crippen LogP contribution in [0.1, 0.15) is 19.4 Å². The lowest BCUT2D eigenvalue weighted by molar-refractivity contribution is -0.124. The zero-order valence-electron chi connectivity index (χ0n) is 16.3. The summed E-state index contributed by atoms with van der Waals surface area (Å²) < 4.78 is 5.75. The number of ether oxygens (including phenoxy) is 1. The van der Waals surface area contributed by atoms with Crippen molar-refractivity contribution in [2.75, 3.05) is 31.1 Å². The standard InChI is InChI=1S/C20H25ClN4O3/c1-12(2)20(27)22-10-15-11-25(6-7-28-15)18-5-4-16(23-24-18)19-13(3)8-14(21)9-17(19)26/h4-5,8-9,12,15,26H,6-7,10-11H2,1-3H3,(H,22,27)/t15-/m1/s1. The first-order valence-electron chi connectivity index (χ1n) is 9.32. The molecule has 0 spiro atoms. The topological polar surface area (TPSA) is 87.6 Å². The van der Waals surface area contributed by atoms with Crippen LogP contribution in [0.3, 0.4) is 0 Å². The van der Waals surface area contributed by atoms with Gasteiger partial charge in [-0.05, 0) is 36.8 Å². The van der Waals surface area contributed by atoms with Gasteiger partial charge in [-0.15, -0.1) is 10.2 Å². The lowest BCUT2D eigenvalue weighted by atomic mass is 10.0. The second kappa shape index (κ2) is 8.75. The van der Waals surface area contributed by atoms with Gasteiger partial charge in [0.1, 0.15) is 5.75 Å². The third kappa shape index (κ3) is 4.72. The number of aryl methyl sites for hydroxylation is 1. The van der Waals surface area contributed by atoms with E-state index in [0.29, 0.717) is 42.5 Å². The average molecular weight is 405 g/mol. The van der Waals surface area contributed by atoms with Crippen molar-refractivity contribution < 1.29 is 14.6 Å². The van der Waals surface area contributed by atoms with Gasteiger partial charge in [-0.1, -0.05) is 25.4 Å². The summed E-state index contributed by atoms with van der Waals surface area (Å²) in [5.74, 6) is 0.784. The number of benzene rings is 1. The Labute approximate surface area is 169 Å². The second-order valence-electron chi connectivity index (χ2n) is 7.23. The number of anilines is 1. The molecule has 3 rings (SSSR count). The molecule has 2 heterocycles. The SMILES string of the molecule is Cc1cc(Cl)cc(O)c1-c1ccc(N2CCO[C@H](CNC(=O)C(C)C)C2)nn1. The van der Waals surface area contributed by atoms with Crippen molar-refractivity contribution in [2.45, 2.75) is 26.9 Å². The van der Waals surface area contributed by atoms with E-state index in [9.17, 15) is 9.90 Å². The highest BCUT2D eigenvalue weighted by Crippen LogP contribution is 2.34. The van der Waals surface area contributed by atoms with Gasteiger partial charge >= 0.3 is 0 Å². The number of carbonyl (C=O) groups is 1. The molecule has 0 bridgehead atoms. The molecule has 1 aromatic carbocycles. The van der Waals surface area contributed by atoms with E-state index in [2.05, 4.69) is 20.4 Å². The molecule has 0 aliphatic carbocycles. The highest BCUT2D eigenvalue weighted by atomic mass is 35.5. The van der Waals surface area contributed by atoms with Crippen molar-refractivity contribution >= 4 is 23.3 Å². The van der Waals surface area contributed by atoms with Crippen LogP contribution in [0.15, 0.2) is 24.3 Å². The van der Waals surface area contributed by atoms with Crippen molar-refractivity contribution in [1.29, 1.82) is 0 Å². The quantitative estimate of drug-likeness (QED) is 0.796. The number of aromatic nitrogens is 2. The molecule has 7 nitrogen and oxygen atoms in total. The van der Waals surface area contributed by atoms with E-state index in [0.717, 1.165) is 11.4 Å². The number of rotatable bonds is 5. The van der Waals surface area contributed by atoms with E-state index in [-0.39, 0.29) is 23.7 Å². The minimum absolute atomic E-state index is 0.0167. The van der Waals surface area contributed by atoms with Crippen LogP contribution in [0.25, 0.3) is 11.3 Å². The van der Waals surface area contributed by atoms with E-state index in [4.69, 9.17) is 16.3 Å². The monoisotopic (exact) mass is 404 g/mol. The van der Waals surface area contributed by atoms with E-state index >= 15 is 0 Å². The van der Waals surface area contributed by atoms with Gasteiger partial charge in [0.05, 0.1) is 18.4 Å². The lowest BCUT2D eigenvalue weighted by Gasteiger charge is -2.33. The van der Waals surface area contributed by atoms with Crippen LogP contribution >= 0.6 is 11.6 Å². The van der Waals surface area contributed by atoms with Crippen LogP contribution in [0.5, 0.6) is 5.75 Å². The summed E-state index contributed by atoms with van der Waals surface area (Å²) in [4.78, 5) is 13.8. The van der Waals surface area contributed by atoms with Gasteiger partial charge in [0, 0.05) is 36.1 Å². The van der Waals surface area contributed by atoms with Crippen LogP contribution in [-0.2, 0) is 9.53 Å². The molecule has 0 radical (unpaired) electrons. The summed E-state index contributed by atoms with van der Waals surface area (Å²) in [5.41, 5.74) is 2.04. The Kier molecular flexibility index (Phi) is 6.36. The molecule has 1 atom stereocenters. The van der Waals surface area contributed by atoms with Gasteiger partial charge in [-0.3, -0.25) is 4.79 Å². The Morgan fingerprint density at radius 2 is 2.18 bits per heavy atom. The van der Waals surface area contributed by atoms with E-state index < -0.39 is 0 Å². The third-order valence-electron chi connectivity index (χ3n) is 4.68. The Balaban J connectivity index is 1.69. The molecule has 1 aromatic heterocycles. The molecule has 1 aliphatic heterocycles. The Bertz CT molecular complexity index is 819. The maximum Gasteiger partial charge on any atom is 0.222 e. The van der Waals surface area contributed by atoms with Gasteiger partial charge in [0.2, 0.25) is 5.91 Å². The minimum Gasteiger partial charge on any atom is -0.507 e. The van der Waals surface area contributed by atoms with Gasteiger partial charge in [-0.25, -0.2) is 0 Å². The minimum atomic E-state index is -0.0968. The molecule has 8 heteroatoms. The highest BCUT2D eigenvalue weighted by molar-refractivity contribution is 6.31. The molecular weight excluding hydrogens is 380 g/mol. The molecule has 150 valence electrons. The maximum absolute atomic E-state index is 11.8. The van der Waals surface area contributed by atoms with E-state index in [1.807, 2.05) is 32.9 Å². The number of carbonyl (C=O) groups excluding carboxylic acids is 1. The molecular formula is C20H25ClN4O3. The fraction of sp³-hybridized carbons (Fsp3) is 0.450. The Hall–Kier alpha value is -2.38. The summed E-state index contributed by atoms with van der Waals surface area (Å²) >= 11 is 5.97. The smallest absolute Gasteiger partial charge is 0.222 e. The van der Waals surface area contributed by atoms with Crippen LogP contribution in [-0.4, -0.2) is 53.6 Å². The van der Waals surface area contributed by atoms with Gasteiger partial charge in [-0.2, -0.15) is 0 Å². The van der Waals surface area contributed by atoms with Crippen molar-refractivity contribution in [2.24, 2.45) is 5.92 Å². The lowest BCUT2D eigenvalue weighted by Crippen LogP contribution is -2.48. The van der Waals surface area contributed by atoms with Gasteiger partial charge in [0.25, 0.3) is 0 Å². The molecule has 0 saturated carbocycles. The number of nitrogens with one attached hydrogen (secondary N) is 1. The number of hydrogen-bond acceptors (Lipinski definition) is 6. The van der Waals surface area contributed by atoms with Gasteiger partial charge in [0.15, 0.2) is 5.82 Å². The number of phenols is 1. The van der Waals surface area contributed by atoms with Crippen LogP contribution in [0.2, 0.25) is 5.02 Å². The number of morpholine rings is 1. The predicted octanol–water partition coefficient (Wildman–Crippen LogP) is 2.79. The van der Waals surface area contributed by atoms with E-state index in [1.54, 1.807) is 6.07 Å². The second-order valence-corrected chi connectivity index (χ2v) is 7.67. The van der Waals surface area contributed by atoms with Crippen molar-refractivity contribution in [3.63, 3.8) is 0 Å². The first kappa shape index (κ1) is 20.4. The molecule has 1 fully saturated rings. The van der Waals surface area contributed by atoms with E-state index in [1.165, 1.54) is 6.07 Å². The summed E-state index contributed by atoms with van der Waals surface area (Å²) in [7, 11) is 0.